The molecule has 1 aromatic heterocycles. The summed E-state index contributed by atoms with van der Waals surface area (Å²) in [5.74, 6) is -0.361. The molecule has 0 saturated heterocycles. The molecule has 3 N–H and O–H groups in total. The average Bonchev–Trinajstić information content (AvgIpc) is 2.90. The zero-order chi connectivity index (χ0) is 13.7. The van der Waals surface area contributed by atoms with E-state index in [9.17, 15) is 4.79 Å². The summed E-state index contributed by atoms with van der Waals surface area (Å²) < 4.78 is 4.92. The molecule has 0 radical (unpaired) electrons. The van der Waals surface area contributed by atoms with Gasteiger partial charge in [-0.25, -0.2) is 9.78 Å². The monoisotopic (exact) mass is 277 g/mol. The second kappa shape index (κ2) is 6.19. The minimum atomic E-state index is -0.361. The molecule has 19 heavy (non-hydrogen) atoms. The summed E-state index contributed by atoms with van der Waals surface area (Å²) in [5.41, 5.74) is 10.4. The van der Waals surface area contributed by atoms with Crippen LogP contribution < -0.4 is 11.1 Å². The highest BCUT2D eigenvalue weighted by atomic mass is 32.1. The second-order valence-corrected chi connectivity index (χ2v) is 4.57. The summed E-state index contributed by atoms with van der Waals surface area (Å²) in [6.45, 7) is 2.72. The van der Waals surface area contributed by atoms with Gasteiger partial charge in [0.25, 0.3) is 0 Å². The van der Waals surface area contributed by atoms with Crippen LogP contribution in [0.3, 0.4) is 0 Å². The van der Waals surface area contributed by atoms with Gasteiger partial charge in [0, 0.05) is 5.38 Å². The van der Waals surface area contributed by atoms with Gasteiger partial charge >= 0.3 is 5.97 Å². The van der Waals surface area contributed by atoms with E-state index in [-0.39, 0.29) is 5.97 Å². The molecule has 1 heterocycles. The number of nitrogens with zero attached hydrogens (tertiary/aromatic N) is 1. The molecule has 6 heteroatoms. The number of carbonyl (C=O) groups excluding carboxylic acids is 1. The van der Waals surface area contributed by atoms with Gasteiger partial charge in [-0.05, 0) is 25.1 Å². The second-order valence-electron chi connectivity index (χ2n) is 3.86. The number of aromatic nitrogens is 1. The van der Waals surface area contributed by atoms with E-state index >= 15 is 0 Å². The maximum atomic E-state index is 11.5. The SMILES string of the molecule is CCOC(=O)c1ccc(NCc2cscn2)c(N)c1. The molecular formula is C13H15N3O2S. The Kier molecular flexibility index (Phi) is 4.35. The molecule has 2 aromatic rings. The maximum absolute atomic E-state index is 11.5. The molecule has 0 aliphatic carbocycles. The highest BCUT2D eigenvalue weighted by Crippen LogP contribution is 2.21. The van der Waals surface area contributed by atoms with Crippen molar-refractivity contribution in [2.75, 3.05) is 17.7 Å². The zero-order valence-electron chi connectivity index (χ0n) is 10.6. The van der Waals surface area contributed by atoms with Gasteiger partial charge in [-0.3, -0.25) is 0 Å². The summed E-state index contributed by atoms with van der Waals surface area (Å²) in [6, 6.07) is 5.08. The van der Waals surface area contributed by atoms with Gasteiger partial charge in [0.15, 0.2) is 0 Å². The van der Waals surface area contributed by atoms with E-state index in [4.69, 9.17) is 10.5 Å². The van der Waals surface area contributed by atoms with Crippen LogP contribution in [0.15, 0.2) is 29.1 Å². The molecule has 5 nitrogen and oxygen atoms in total. The molecule has 0 aliphatic rings. The third-order valence-corrected chi connectivity index (χ3v) is 3.14. The van der Waals surface area contributed by atoms with E-state index in [1.54, 1.807) is 42.0 Å². The summed E-state index contributed by atoms with van der Waals surface area (Å²) in [7, 11) is 0. The van der Waals surface area contributed by atoms with Crippen molar-refractivity contribution in [1.82, 2.24) is 4.98 Å². The number of thiazole rings is 1. The predicted octanol–water partition coefficient (Wildman–Crippen LogP) is 2.51. The highest BCUT2D eigenvalue weighted by molar-refractivity contribution is 7.07. The number of hydrogen-bond acceptors (Lipinski definition) is 6. The van der Waals surface area contributed by atoms with E-state index in [1.807, 2.05) is 5.38 Å². The Bertz CT molecular complexity index is 555. The molecule has 0 amide bonds. The number of benzene rings is 1. The fourth-order valence-corrected chi connectivity index (χ4v) is 2.13. The van der Waals surface area contributed by atoms with E-state index < -0.39 is 0 Å². The molecule has 0 spiro atoms. The topological polar surface area (TPSA) is 77.2 Å². The summed E-state index contributed by atoms with van der Waals surface area (Å²) in [5, 5.41) is 5.15. The lowest BCUT2D eigenvalue weighted by molar-refractivity contribution is 0.0526. The average molecular weight is 277 g/mol. The Morgan fingerprint density at radius 2 is 2.37 bits per heavy atom. The number of nitrogens with one attached hydrogen (secondary N) is 1. The van der Waals surface area contributed by atoms with E-state index in [2.05, 4.69) is 10.3 Å². The van der Waals surface area contributed by atoms with Crippen molar-refractivity contribution in [1.29, 1.82) is 0 Å². The summed E-state index contributed by atoms with van der Waals surface area (Å²) in [4.78, 5) is 15.7. The van der Waals surface area contributed by atoms with Crippen molar-refractivity contribution >= 4 is 28.7 Å². The molecule has 0 aliphatic heterocycles. The minimum Gasteiger partial charge on any atom is -0.462 e. The Labute approximate surface area is 115 Å². The molecule has 0 fully saturated rings. The molecule has 1 aromatic carbocycles. The minimum absolute atomic E-state index is 0.350. The molecule has 2 rings (SSSR count). The smallest absolute Gasteiger partial charge is 0.338 e. The van der Waals surface area contributed by atoms with Gasteiger partial charge in [0.1, 0.15) is 0 Å². The number of nitrogen functional groups attached to an aromatic ring is 1. The Morgan fingerprint density at radius 1 is 1.53 bits per heavy atom. The standard InChI is InChI=1S/C13H15N3O2S/c1-2-18-13(17)9-3-4-12(11(14)5-9)15-6-10-7-19-8-16-10/h3-5,7-8,15H,2,6,14H2,1H3. The van der Waals surface area contributed by atoms with Crippen LogP contribution >= 0.6 is 11.3 Å². The first kappa shape index (κ1) is 13.4. The predicted molar refractivity (Wildman–Crippen MR) is 76.3 cm³/mol. The third kappa shape index (κ3) is 3.45. The van der Waals surface area contributed by atoms with Crippen molar-refractivity contribution in [2.24, 2.45) is 0 Å². The molecule has 100 valence electrons. The molecule has 0 unspecified atom stereocenters. The van der Waals surface area contributed by atoms with Crippen molar-refractivity contribution < 1.29 is 9.53 Å². The molecular weight excluding hydrogens is 262 g/mol. The fourth-order valence-electron chi connectivity index (χ4n) is 1.58. The third-order valence-electron chi connectivity index (χ3n) is 2.51. The van der Waals surface area contributed by atoms with Gasteiger partial charge in [0.05, 0.1) is 41.3 Å². The zero-order valence-corrected chi connectivity index (χ0v) is 11.4. The van der Waals surface area contributed by atoms with Gasteiger partial charge in [-0.2, -0.15) is 0 Å². The van der Waals surface area contributed by atoms with E-state index in [0.29, 0.717) is 24.4 Å². The largest absolute Gasteiger partial charge is 0.462 e. The van der Waals surface area contributed by atoms with Crippen LogP contribution in [-0.4, -0.2) is 17.6 Å². The van der Waals surface area contributed by atoms with Crippen LogP contribution in [0.1, 0.15) is 23.0 Å². The number of anilines is 2. The maximum Gasteiger partial charge on any atom is 0.338 e. The lowest BCUT2D eigenvalue weighted by Crippen LogP contribution is -2.07. The number of carbonyl (C=O) groups is 1. The van der Waals surface area contributed by atoms with Crippen LogP contribution in [-0.2, 0) is 11.3 Å². The fraction of sp³-hybridized carbons (Fsp3) is 0.231. The van der Waals surface area contributed by atoms with Gasteiger partial charge < -0.3 is 15.8 Å². The molecule has 0 bridgehead atoms. The van der Waals surface area contributed by atoms with Gasteiger partial charge in [-0.1, -0.05) is 0 Å². The number of ether oxygens (including phenoxy) is 1. The first-order chi connectivity index (χ1) is 9.20. The lowest BCUT2D eigenvalue weighted by Gasteiger charge is -2.09. The van der Waals surface area contributed by atoms with Crippen molar-refractivity contribution in [2.45, 2.75) is 13.5 Å². The van der Waals surface area contributed by atoms with Crippen LogP contribution in [0.25, 0.3) is 0 Å². The van der Waals surface area contributed by atoms with Gasteiger partial charge in [0.2, 0.25) is 0 Å². The Hall–Kier alpha value is -2.08. The van der Waals surface area contributed by atoms with Crippen LogP contribution in [0.4, 0.5) is 11.4 Å². The molecule has 0 atom stereocenters. The highest BCUT2D eigenvalue weighted by Gasteiger charge is 2.08. The van der Waals surface area contributed by atoms with Gasteiger partial charge in [-0.15, -0.1) is 11.3 Å². The van der Waals surface area contributed by atoms with Crippen LogP contribution in [0.2, 0.25) is 0 Å². The van der Waals surface area contributed by atoms with Crippen molar-refractivity contribution in [3.8, 4) is 0 Å². The summed E-state index contributed by atoms with van der Waals surface area (Å²) >= 11 is 1.55. The number of rotatable bonds is 5. The Balaban J connectivity index is 2.04. The number of nitrogens with two attached hydrogens (primary N) is 1. The van der Waals surface area contributed by atoms with Crippen molar-refractivity contribution in [3.05, 3.63) is 40.3 Å². The Morgan fingerprint density at radius 3 is 3.00 bits per heavy atom. The number of hydrogen-bond donors (Lipinski definition) is 2. The first-order valence-corrected chi connectivity index (χ1v) is 6.82. The summed E-state index contributed by atoms with van der Waals surface area (Å²) in [6.07, 6.45) is 0. The van der Waals surface area contributed by atoms with Crippen LogP contribution in [0.5, 0.6) is 0 Å². The molecule has 0 saturated carbocycles. The lowest BCUT2D eigenvalue weighted by atomic mass is 10.1. The van der Waals surface area contributed by atoms with E-state index in [0.717, 1.165) is 11.4 Å². The number of esters is 1. The normalized spacial score (nSPS) is 10.2. The van der Waals surface area contributed by atoms with E-state index in [1.165, 1.54) is 0 Å². The van der Waals surface area contributed by atoms with Crippen LogP contribution in [0, 0.1) is 0 Å². The van der Waals surface area contributed by atoms with Crippen molar-refractivity contribution in [3.63, 3.8) is 0 Å². The first-order valence-electron chi connectivity index (χ1n) is 5.88. The quantitative estimate of drug-likeness (QED) is 0.648.